The third kappa shape index (κ3) is 4.56. The summed E-state index contributed by atoms with van der Waals surface area (Å²) in [5, 5.41) is 7.69. The fourth-order valence-electron chi connectivity index (χ4n) is 2.97. The van der Waals surface area contributed by atoms with Crippen LogP contribution < -0.4 is 21.1 Å². The predicted octanol–water partition coefficient (Wildman–Crippen LogP) is 2.32. The predicted molar refractivity (Wildman–Crippen MR) is 106 cm³/mol. The molecule has 2 rings (SSSR count). The van der Waals surface area contributed by atoms with E-state index in [-0.39, 0.29) is 6.04 Å². The van der Waals surface area contributed by atoms with Crippen LogP contribution in [-0.4, -0.2) is 50.7 Å². The topological polar surface area (TPSA) is 89.3 Å². The number of hydrogen-bond donors (Lipinski definition) is 2. The number of methoxy groups -OCH3 is 2. The van der Waals surface area contributed by atoms with Crippen LogP contribution in [0.1, 0.15) is 24.9 Å². The number of nitrogens with two attached hydrogens (primary N) is 2. The van der Waals surface area contributed by atoms with E-state index in [2.05, 4.69) is 16.1 Å². The molecular formula is C19H29N5O2. The zero-order valence-electron chi connectivity index (χ0n) is 16.2. The van der Waals surface area contributed by atoms with Crippen molar-refractivity contribution >= 4 is 16.6 Å². The van der Waals surface area contributed by atoms with Crippen molar-refractivity contribution in [3.05, 3.63) is 35.9 Å². The fraction of sp³-hybridized carbons (Fsp3) is 0.421. The van der Waals surface area contributed by atoms with Gasteiger partial charge in [-0.15, -0.1) is 5.10 Å². The number of rotatable bonds is 8. The number of hydrazine groups is 1. The van der Waals surface area contributed by atoms with Gasteiger partial charge in [0.25, 0.3) is 0 Å². The molecule has 0 radical (unpaired) electrons. The van der Waals surface area contributed by atoms with E-state index in [9.17, 15) is 0 Å². The molecule has 1 atom stereocenters. The van der Waals surface area contributed by atoms with Gasteiger partial charge in [0.15, 0.2) is 0 Å². The van der Waals surface area contributed by atoms with Crippen molar-refractivity contribution in [2.45, 2.75) is 19.4 Å². The van der Waals surface area contributed by atoms with Crippen LogP contribution in [0.3, 0.4) is 0 Å². The highest BCUT2D eigenvalue weighted by Gasteiger charge is 2.22. The van der Waals surface area contributed by atoms with E-state index in [0.717, 1.165) is 40.8 Å². The summed E-state index contributed by atoms with van der Waals surface area (Å²) in [6.45, 7) is 2.56. The van der Waals surface area contributed by atoms with Gasteiger partial charge in [-0.2, -0.15) is 0 Å². The van der Waals surface area contributed by atoms with E-state index in [1.54, 1.807) is 21.1 Å². The maximum absolute atomic E-state index is 6.23. The van der Waals surface area contributed by atoms with Crippen molar-refractivity contribution in [3.8, 4) is 11.5 Å². The lowest BCUT2D eigenvalue weighted by Gasteiger charge is -2.28. The average molecular weight is 359 g/mol. The Bertz CT molecular complexity index is 772. The van der Waals surface area contributed by atoms with Crippen LogP contribution in [0.5, 0.6) is 11.5 Å². The molecule has 0 saturated heterocycles. The Morgan fingerprint density at radius 2 is 1.85 bits per heavy atom. The molecule has 7 nitrogen and oxygen atoms in total. The number of hydrogen-bond acceptors (Lipinski definition) is 6. The Kier molecular flexibility index (Phi) is 6.65. The molecular weight excluding hydrogens is 330 g/mol. The van der Waals surface area contributed by atoms with Crippen molar-refractivity contribution in [1.82, 2.24) is 10.0 Å². The summed E-state index contributed by atoms with van der Waals surface area (Å²) in [6.07, 6.45) is 0.770. The Morgan fingerprint density at radius 1 is 1.15 bits per heavy atom. The molecule has 0 aliphatic heterocycles. The maximum Gasteiger partial charge on any atom is 0.126 e. The third-order valence-corrected chi connectivity index (χ3v) is 4.21. The Labute approximate surface area is 155 Å². The molecule has 142 valence electrons. The van der Waals surface area contributed by atoms with Gasteiger partial charge < -0.3 is 20.1 Å². The largest absolute Gasteiger partial charge is 0.496 e. The van der Waals surface area contributed by atoms with Gasteiger partial charge >= 0.3 is 0 Å². The van der Waals surface area contributed by atoms with Crippen LogP contribution in [0.2, 0.25) is 0 Å². The number of nitrogens with zero attached hydrogens (tertiary/aromatic N) is 3. The summed E-state index contributed by atoms with van der Waals surface area (Å²) < 4.78 is 11.1. The van der Waals surface area contributed by atoms with E-state index in [1.807, 2.05) is 38.4 Å². The molecule has 1 unspecified atom stereocenters. The van der Waals surface area contributed by atoms with E-state index >= 15 is 0 Å². The Hall–Kier alpha value is -2.51. The van der Waals surface area contributed by atoms with E-state index in [0.29, 0.717) is 5.84 Å². The second kappa shape index (κ2) is 8.73. The van der Waals surface area contributed by atoms with Crippen molar-refractivity contribution in [2.24, 2.45) is 16.7 Å². The number of fused-ring (bicyclic) bond motifs is 1. The molecule has 4 N–H and O–H groups in total. The van der Waals surface area contributed by atoms with Crippen LogP contribution in [-0.2, 0) is 0 Å². The zero-order valence-corrected chi connectivity index (χ0v) is 16.2. The Morgan fingerprint density at radius 3 is 2.42 bits per heavy atom. The lowest BCUT2D eigenvalue weighted by atomic mass is 9.98. The first-order valence-electron chi connectivity index (χ1n) is 8.51. The number of ether oxygens (including phenoxy) is 2. The molecule has 0 heterocycles. The molecule has 26 heavy (non-hydrogen) atoms. The van der Waals surface area contributed by atoms with Crippen LogP contribution in [0.25, 0.3) is 10.8 Å². The summed E-state index contributed by atoms with van der Waals surface area (Å²) in [5.41, 5.74) is 6.70. The minimum absolute atomic E-state index is 0.179. The summed E-state index contributed by atoms with van der Waals surface area (Å²) >= 11 is 0. The van der Waals surface area contributed by atoms with Crippen molar-refractivity contribution < 1.29 is 9.47 Å². The standard InChI is InChI=1S/C19H29N5O2/c1-13(20)22-24(21)17(9-10-23(2)3)16-11-14-7-6-8-18(25-4)15(14)12-19(16)26-5/h6-8,11-12,17H,9-10,21H2,1-5H3,(H2,20,22). The minimum Gasteiger partial charge on any atom is -0.496 e. The molecule has 2 aromatic carbocycles. The zero-order chi connectivity index (χ0) is 19.3. The molecule has 0 amide bonds. The van der Waals surface area contributed by atoms with Crippen molar-refractivity contribution in [2.75, 3.05) is 34.9 Å². The highest BCUT2D eigenvalue weighted by atomic mass is 16.5. The van der Waals surface area contributed by atoms with Gasteiger partial charge in [0.1, 0.15) is 17.3 Å². The van der Waals surface area contributed by atoms with Crippen molar-refractivity contribution in [3.63, 3.8) is 0 Å². The highest BCUT2D eigenvalue weighted by Crippen LogP contribution is 2.37. The number of hydrazone groups is 1. The van der Waals surface area contributed by atoms with Gasteiger partial charge in [-0.05, 0) is 57.6 Å². The second-order valence-corrected chi connectivity index (χ2v) is 6.50. The molecule has 2 aromatic rings. The molecule has 0 saturated carbocycles. The quantitative estimate of drug-likeness (QED) is 0.325. The molecule has 0 aliphatic rings. The average Bonchev–Trinajstić information content (AvgIpc) is 2.59. The molecule has 0 fully saturated rings. The van der Waals surface area contributed by atoms with Gasteiger partial charge in [0, 0.05) is 10.9 Å². The first kappa shape index (κ1) is 19.8. The number of amidine groups is 1. The van der Waals surface area contributed by atoms with Crippen molar-refractivity contribution in [1.29, 1.82) is 0 Å². The van der Waals surface area contributed by atoms with Crippen LogP contribution in [0.15, 0.2) is 35.4 Å². The van der Waals surface area contributed by atoms with Crippen LogP contribution in [0.4, 0.5) is 0 Å². The smallest absolute Gasteiger partial charge is 0.126 e. The summed E-state index contributed by atoms with van der Waals surface area (Å²) in [7, 11) is 7.37. The fourth-order valence-corrected chi connectivity index (χ4v) is 2.97. The molecule has 7 heteroatoms. The highest BCUT2D eigenvalue weighted by molar-refractivity contribution is 5.90. The second-order valence-electron chi connectivity index (χ2n) is 6.50. The third-order valence-electron chi connectivity index (χ3n) is 4.21. The monoisotopic (exact) mass is 359 g/mol. The normalized spacial score (nSPS) is 13.1. The molecule has 0 aliphatic carbocycles. The van der Waals surface area contributed by atoms with Gasteiger partial charge in [-0.3, -0.25) is 0 Å². The van der Waals surface area contributed by atoms with E-state index < -0.39 is 0 Å². The van der Waals surface area contributed by atoms with Gasteiger partial charge in [-0.1, -0.05) is 12.1 Å². The summed E-state index contributed by atoms with van der Waals surface area (Å²) in [5.74, 6) is 8.18. The first-order chi connectivity index (χ1) is 12.4. The van der Waals surface area contributed by atoms with E-state index in [4.69, 9.17) is 21.1 Å². The Balaban J connectivity index is 2.57. The van der Waals surface area contributed by atoms with Gasteiger partial charge in [0.2, 0.25) is 0 Å². The summed E-state index contributed by atoms with van der Waals surface area (Å²) in [6, 6.07) is 9.83. The molecule has 0 aromatic heterocycles. The summed E-state index contributed by atoms with van der Waals surface area (Å²) in [4.78, 5) is 2.11. The molecule has 0 spiro atoms. The van der Waals surface area contributed by atoms with Gasteiger partial charge in [0.05, 0.1) is 20.3 Å². The number of benzene rings is 2. The molecule has 0 bridgehead atoms. The van der Waals surface area contributed by atoms with Crippen LogP contribution >= 0.6 is 0 Å². The minimum atomic E-state index is -0.179. The van der Waals surface area contributed by atoms with E-state index in [1.165, 1.54) is 5.12 Å². The SMILES string of the molecule is COc1cc2c(OC)cccc2cc1C(CCN(C)C)N(N)/N=C(/C)N. The maximum atomic E-state index is 6.23. The lowest BCUT2D eigenvalue weighted by molar-refractivity contribution is 0.183. The van der Waals surface area contributed by atoms with Crippen LogP contribution in [0, 0.1) is 0 Å². The lowest BCUT2D eigenvalue weighted by Crippen LogP contribution is -2.34. The first-order valence-corrected chi connectivity index (χ1v) is 8.51. The van der Waals surface area contributed by atoms with Gasteiger partial charge in [-0.25, -0.2) is 11.0 Å².